The SMILES string of the molecule is O=C(CO)OC1(c2ccccc2)CCCC1. The molecular weight excluding hydrogens is 204 g/mol. The van der Waals surface area contributed by atoms with E-state index in [1.165, 1.54) is 0 Å². The van der Waals surface area contributed by atoms with Gasteiger partial charge in [0.25, 0.3) is 0 Å². The Kier molecular flexibility index (Phi) is 3.25. The molecule has 0 aromatic heterocycles. The quantitative estimate of drug-likeness (QED) is 0.792. The molecule has 1 aromatic carbocycles. The lowest BCUT2D eigenvalue weighted by atomic mass is 9.92. The minimum atomic E-state index is -0.547. The Balaban J connectivity index is 2.25. The van der Waals surface area contributed by atoms with E-state index in [9.17, 15) is 4.79 Å². The van der Waals surface area contributed by atoms with Gasteiger partial charge >= 0.3 is 5.97 Å². The first kappa shape index (κ1) is 11.1. The first-order valence-corrected chi connectivity index (χ1v) is 5.65. The molecule has 0 radical (unpaired) electrons. The van der Waals surface area contributed by atoms with Crippen molar-refractivity contribution < 1.29 is 14.6 Å². The Morgan fingerprint density at radius 2 is 1.88 bits per heavy atom. The van der Waals surface area contributed by atoms with Gasteiger partial charge in [0.05, 0.1) is 0 Å². The second kappa shape index (κ2) is 4.66. The lowest BCUT2D eigenvalue weighted by molar-refractivity contribution is -0.164. The number of aliphatic hydroxyl groups is 1. The summed E-state index contributed by atoms with van der Waals surface area (Å²) in [5.74, 6) is -0.536. The smallest absolute Gasteiger partial charge is 0.332 e. The van der Waals surface area contributed by atoms with Crippen LogP contribution in [-0.2, 0) is 15.1 Å². The fraction of sp³-hybridized carbons (Fsp3) is 0.462. The van der Waals surface area contributed by atoms with Crippen LogP contribution < -0.4 is 0 Å². The average Bonchev–Trinajstić information content (AvgIpc) is 2.80. The molecule has 0 unspecified atom stereocenters. The topological polar surface area (TPSA) is 46.5 Å². The molecule has 2 rings (SSSR count). The number of rotatable bonds is 3. The molecule has 1 aliphatic rings. The van der Waals surface area contributed by atoms with Gasteiger partial charge in [-0.05, 0) is 31.2 Å². The predicted molar refractivity (Wildman–Crippen MR) is 59.8 cm³/mol. The fourth-order valence-corrected chi connectivity index (χ4v) is 2.39. The van der Waals surface area contributed by atoms with Crippen LogP contribution in [0.2, 0.25) is 0 Å². The highest BCUT2D eigenvalue weighted by Crippen LogP contribution is 2.42. The Morgan fingerprint density at radius 3 is 2.44 bits per heavy atom. The summed E-state index contributed by atoms with van der Waals surface area (Å²) in [6, 6.07) is 9.80. The van der Waals surface area contributed by atoms with Gasteiger partial charge in [-0.15, -0.1) is 0 Å². The Bertz CT molecular complexity index is 353. The number of carbonyl (C=O) groups is 1. The summed E-state index contributed by atoms with van der Waals surface area (Å²) >= 11 is 0. The van der Waals surface area contributed by atoms with Crippen molar-refractivity contribution >= 4 is 5.97 Å². The van der Waals surface area contributed by atoms with Crippen molar-refractivity contribution in [2.75, 3.05) is 6.61 Å². The summed E-state index contributed by atoms with van der Waals surface area (Å²) in [5, 5.41) is 8.78. The van der Waals surface area contributed by atoms with Crippen LogP contribution in [0, 0.1) is 0 Å². The van der Waals surface area contributed by atoms with Crippen molar-refractivity contribution in [1.82, 2.24) is 0 Å². The van der Waals surface area contributed by atoms with Crippen LogP contribution in [-0.4, -0.2) is 17.7 Å². The normalized spacial score (nSPS) is 18.3. The van der Waals surface area contributed by atoms with Crippen molar-refractivity contribution in [3.8, 4) is 0 Å². The van der Waals surface area contributed by atoms with Gasteiger partial charge in [0.15, 0.2) is 0 Å². The predicted octanol–water partition coefficient (Wildman–Crippen LogP) is 1.99. The van der Waals surface area contributed by atoms with Crippen LogP contribution in [0.4, 0.5) is 0 Å². The first-order valence-electron chi connectivity index (χ1n) is 5.65. The maximum atomic E-state index is 11.3. The van der Waals surface area contributed by atoms with E-state index < -0.39 is 18.2 Å². The third-order valence-electron chi connectivity index (χ3n) is 3.15. The number of hydrogen-bond donors (Lipinski definition) is 1. The van der Waals surface area contributed by atoms with E-state index in [-0.39, 0.29) is 0 Å². The first-order chi connectivity index (χ1) is 7.77. The molecule has 0 atom stereocenters. The van der Waals surface area contributed by atoms with E-state index in [2.05, 4.69) is 0 Å². The maximum Gasteiger partial charge on any atom is 0.332 e. The lowest BCUT2D eigenvalue weighted by Crippen LogP contribution is -2.30. The number of benzene rings is 1. The van der Waals surface area contributed by atoms with Gasteiger partial charge in [-0.3, -0.25) is 0 Å². The largest absolute Gasteiger partial charge is 0.452 e. The standard InChI is InChI=1S/C13H16O3/c14-10-12(15)16-13(8-4-5-9-13)11-6-2-1-3-7-11/h1-3,6-7,14H,4-5,8-10H2. The van der Waals surface area contributed by atoms with Crippen LogP contribution in [0.1, 0.15) is 31.2 Å². The molecule has 1 aliphatic carbocycles. The lowest BCUT2D eigenvalue weighted by Gasteiger charge is -2.29. The average molecular weight is 220 g/mol. The highest BCUT2D eigenvalue weighted by Gasteiger charge is 2.39. The van der Waals surface area contributed by atoms with E-state index >= 15 is 0 Å². The second-order valence-electron chi connectivity index (χ2n) is 4.20. The molecule has 0 heterocycles. The molecule has 0 bridgehead atoms. The van der Waals surface area contributed by atoms with Crippen LogP contribution in [0.15, 0.2) is 30.3 Å². The Morgan fingerprint density at radius 1 is 1.25 bits per heavy atom. The minimum absolute atomic E-state index is 0.499. The molecule has 0 spiro atoms. The maximum absolute atomic E-state index is 11.3. The number of carbonyl (C=O) groups excluding carboxylic acids is 1. The van der Waals surface area contributed by atoms with Gasteiger partial charge in [0.2, 0.25) is 0 Å². The van der Waals surface area contributed by atoms with Crippen LogP contribution in [0.5, 0.6) is 0 Å². The van der Waals surface area contributed by atoms with Crippen molar-refractivity contribution in [3.05, 3.63) is 35.9 Å². The Labute approximate surface area is 95.0 Å². The molecule has 3 nitrogen and oxygen atoms in total. The van der Waals surface area contributed by atoms with E-state index in [1.54, 1.807) is 0 Å². The molecule has 1 aromatic rings. The van der Waals surface area contributed by atoms with Crippen molar-refractivity contribution in [2.45, 2.75) is 31.3 Å². The van der Waals surface area contributed by atoms with Gasteiger partial charge in [-0.25, -0.2) is 4.79 Å². The highest BCUT2D eigenvalue weighted by molar-refractivity contribution is 5.71. The summed E-state index contributed by atoms with van der Waals surface area (Å²) in [6.07, 6.45) is 3.83. The van der Waals surface area contributed by atoms with Gasteiger partial charge in [-0.2, -0.15) is 0 Å². The van der Waals surface area contributed by atoms with Gasteiger partial charge in [-0.1, -0.05) is 30.3 Å². The molecule has 3 heteroatoms. The molecule has 1 N–H and O–H groups in total. The van der Waals surface area contributed by atoms with E-state index in [0.717, 1.165) is 31.2 Å². The van der Waals surface area contributed by atoms with E-state index in [1.807, 2.05) is 30.3 Å². The third-order valence-corrected chi connectivity index (χ3v) is 3.15. The van der Waals surface area contributed by atoms with Gasteiger partial charge in [0.1, 0.15) is 12.2 Å². The number of esters is 1. The zero-order chi connectivity index (χ0) is 11.4. The van der Waals surface area contributed by atoms with E-state index in [0.29, 0.717) is 0 Å². The zero-order valence-corrected chi connectivity index (χ0v) is 9.19. The van der Waals surface area contributed by atoms with Gasteiger partial charge < -0.3 is 9.84 Å². The summed E-state index contributed by atoms with van der Waals surface area (Å²) in [4.78, 5) is 11.3. The molecular formula is C13H16O3. The van der Waals surface area contributed by atoms with Gasteiger partial charge in [0, 0.05) is 0 Å². The van der Waals surface area contributed by atoms with Crippen LogP contribution in [0.3, 0.4) is 0 Å². The van der Waals surface area contributed by atoms with Crippen LogP contribution in [0.25, 0.3) is 0 Å². The van der Waals surface area contributed by atoms with Crippen molar-refractivity contribution in [1.29, 1.82) is 0 Å². The molecule has 16 heavy (non-hydrogen) atoms. The zero-order valence-electron chi connectivity index (χ0n) is 9.19. The monoisotopic (exact) mass is 220 g/mol. The third kappa shape index (κ3) is 2.09. The Hall–Kier alpha value is -1.35. The van der Waals surface area contributed by atoms with Crippen molar-refractivity contribution in [3.63, 3.8) is 0 Å². The summed E-state index contributed by atoms with van der Waals surface area (Å²) in [5.41, 5.74) is 0.537. The molecule has 1 saturated carbocycles. The van der Waals surface area contributed by atoms with Crippen LogP contribution >= 0.6 is 0 Å². The van der Waals surface area contributed by atoms with E-state index in [4.69, 9.17) is 9.84 Å². The molecule has 0 aliphatic heterocycles. The second-order valence-corrected chi connectivity index (χ2v) is 4.20. The molecule has 86 valence electrons. The molecule has 1 fully saturated rings. The molecule has 0 saturated heterocycles. The number of aliphatic hydroxyl groups excluding tert-OH is 1. The summed E-state index contributed by atoms with van der Waals surface area (Å²) in [6.45, 7) is -0.547. The molecule has 0 amide bonds. The fourth-order valence-electron chi connectivity index (χ4n) is 2.39. The van der Waals surface area contributed by atoms with Crippen molar-refractivity contribution in [2.24, 2.45) is 0 Å². The number of ether oxygens (including phenoxy) is 1. The summed E-state index contributed by atoms with van der Waals surface area (Å²) < 4.78 is 5.45. The minimum Gasteiger partial charge on any atom is -0.452 e. The number of hydrogen-bond acceptors (Lipinski definition) is 3. The highest BCUT2D eigenvalue weighted by atomic mass is 16.6. The summed E-state index contributed by atoms with van der Waals surface area (Å²) in [7, 11) is 0.